The Morgan fingerprint density at radius 3 is 2.00 bits per heavy atom. The van der Waals surface area contributed by atoms with Gasteiger partial charge in [-0.25, -0.2) is 43.2 Å². The minimum Gasteiger partial charge on any atom is -0.444 e. The molecule has 7 rings (SSSR count). The van der Waals surface area contributed by atoms with E-state index in [1.165, 1.54) is 17.2 Å². The summed E-state index contributed by atoms with van der Waals surface area (Å²) in [4.78, 5) is 34.4. The molecule has 24 heteroatoms. The molecule has 7 heterocycles. The Balaban J connectivity index is 1.20. The highest BCUT2D eigenvalue weighted by Gasteiger charge is 2.53. The third-order valence-corrected chi connectivity index (χ3v) is 9.23. The number of alkyl halides is 2. The smallest absolute Gasteiger partial charge is 0.444 e. The first-order valence-corrected chi connectivity index (χ1v) is 15.9. The number of nitrogen functional groups attached to an aromatic ring is 2. The van der Waals surface area contributed by atoms with Gasteiger partial charge in [0.1, 0.15) is 48.1 Å². The molecule has 3 radical (unpaired) electrons. The lowest BCUT2D eigenvalue weighted by molar-refractivity contribution is -0.0613. The number of aromatic nitrogens is 8. The summed E-state index contributed by atoms with van der Waals surface area (Å²) in [7, 11) is -3.96. The standard InChI is InChI=1S/C20H21BF2N10O9P2/c21-43(34)37-2-8-13(10(23)19(40-8)32-5-30-11-15(24)26-3-28-17(11)32)42-44(35,36)38-1-7-9(22)14(41-43)20(39-7)33-6-31-12-16(25)27-4-29-18(12)33/h3-10,13-14,19-20H,1-2H2,(H,35,36)(H2,24,26,28)(H2,25,27,29)/q-1/t7-,8-,9?,10-,13-,14-,19-,20-,43+/m1/s1. The Kier molecular flexibility index (Phi) is 7.18. The highest BCUT2D eigenvalue weighted by Crippen LogP contribution is 2.54. The van der Waals surface area contributed by atoms with Crippen molar-refractivity contribution in [1.82, 2.24) is 39.0 Å². The quantitative estimate of drug-likeness (QED) is 0.196. The number of hydrogen-bond donors (Lipinski definition) is 3. The van der Waals surface area contributed by atoms with Crippen LogP contribution in [0.4, 0.5) is 20.4 Å². The molecule has 2 bridgehead atoms. The monoisotopic (exact) mass is 656 g/mol. The van der Waals surface area contributed by atoms with E-state index < -0.39 is 77.7 Å². The van der Waals surface area contributed by atoms with Gasteiger partial charge in [-0.1, -0.05) is 0 Å². The van der Waals surface area contributed by atoms with Gasteiger partial charge in [-0.15, -0.1) is 0 Å². The summed E-state index contributed by atoms with van der Waals surface area (Å²) in [5.41, 5.74) is 12.1. The van der Waals surface area contributed by atoms with Gasteiger partial charge >= 0.3 is 7.82 Å². The Morgan fingerprint density at radius 1 is 0.795 bits per heavy atom. The average molecular weight is 656 g/mol. The molecular formula is C20H21BF2N10O9P2-. The van der Waals surface area contributed by atoms with Gasteiger partial charge in [0.25, 0.3) is 0 Å². The molecule has 3 aliphatic rings. The van der Waals surface area contributed by atoms with E-state index in [-0.39, 0.29) is 34.0 Å². The molecular weight excluding hydrogens is 635 g/mol. The molecule has 0 spiro atoms. The van der Waals surface area contributed by atoms with Crippen LogP contribution in [0.5, 0.6) is 0 Å². The van der Waals surface area contributed by atoms with Gasteiger partial charge in [-0.2, -0.15) is 0 Å². The van der Waals surface area contributed by atoms with Crippen LogP contribution in [0.3, 0.4) is 0 Å². The number of phosphoric ester groups is 1. The van der Waals surface area contributed by atoms with Crippen molar-refractivity contribution in [3.05, 3.63) is 25.3 Å². The summed E-state index contributed by atoms with van der Waals surface area (Å²) >= 11 is 0. The summed E-state index contributed by atoms with van der Waals surface area (Å²) < 4.78 is 92.6. The van der Waals surface area contributed by atoms with Crippen LogP contribution < -0.4 is 11.5 Å². The Bertz CT molecular complexity index is 1840. The largest absolute Gasteiger partial charge is 0.472 e. The summed E-state index contributed by atoms with van der Waals surface area (Å²) in [5, 5.41) is 0. The molecule has 2 unspecified atom stereocenters. The van der Waals surface area contributed by atoms with Gasteiger partial charge < -0.3 is 47.0 Å². The van der Waals surface area contributed by atoms with E-state index >= 15 is 8.78 Å². The zero-order valence-electron chi connectivity index (χ0n) is 22.0. The maximum Gasteiger partial charge on any atom is 0.472 e. The fourth-order valence-electron chi connectivity index (χ4n) is 5.19. The van der Waals surface area contributed by atoms with Crippen molar-refractivity contribution >= 4 is 56.8 Å². The number of nitrogens with two attached hydrogens (primary N) is 2. The Hall–Kier alpha value is -3.20. The average Bonchev–Trinajstić information content (AvgIpc) is 3.73. The predicted molar refractivity (Wildman–Crippen MR) is 142 cm³/mol. The number of imidazole rings is 2. The van der Waals surface area contributed by atoms with Gasteiger partial charge in [0.05, 0.1) is 33.3 Å². The molecule has 19 nitrogen and oxygen atoms in total. The van der Waals surface area contributed by atoms with Gasteiger partial charge in [-0.3, -0.25) is 18.2 Å². The second kappa shape index (κ2) is 10.7. The van der Waals surface area contributed by atoms with Gasteiger partial charge in [0, 0.05) is 0 Å². The molecule has 3 saturated heterocycles. The lowest BCUT2D eigenvalue weighted by Gasteiger charge is -2.33. The molecule has 0 amide bonds. The van der Waals surface area contributed by atoms with E-state index in [0.717, 1.165) is 17.2 Å². The maximum absolute atomic E-state index is 15.9. The minimum atomic E-state index is -5.13. The topological polar surface area (TPSA) is 249 Å². The zero-order chi connectivity index (χ0) is 31.0. The number of halogens is 2. The molecule has 0 saturated carbocycles. The molecule has 0 aliphatic carbocycles. The normalized spacial score (nSPS) is 38.3. The lowest BCUT2D eigenvalue weighted by Crippen LogP contribution is -2.34. The molecule has 44 heavy (non-hydrogen) atoms. The van der Waals surface area contributed by atoms with Gasteiger partial charge in [0.2, 0.25) is 0 Å². The third kappa shape index (κ3) is 5.05. The number of nitrogens with zero attached hydrogens (tertiary/aromatic N) is 8. The van der Waals surface area contributed by atoms with Crippen molar-refractivity contribution in [3.8, 4) is 0 Å². The van der Waals surface area contributed by atoms with Crippen LogP contribution in [0.25, 0.3) is 22.3 Å². The zero-order valence-corrected chi connectivity index (χ0v) is 23.8. The molecule has 10 atom stereocenters. The number of fused-ring (bicyclic) bond motifs is 5. The highest BCUT2D eigenvalue weighted by molar-refractivity contribution is 7.79. The number of rotatable bonds is 2. The molecule has 4 aromatic heterocycles. The van der Waals surface area contributed by atoms with Crippen LogP contribution >= 0.6 is 15.3 Å². The maximum atomic E-state index is 15.9. The molecule has 233 valence electrons. The molecule has 3 aliphatic heterocycles. The van der Waals surface area contributed by atoms with Crippen LogP contribution in [0, 0.1) is 0 Å². The van der Waals surface area contributed by atoms with Crippen molar-refractivity contribution < 1.29 is 50.4 Å². The minimum absolute atomic E-state index is 0.0136. The molecule has 0 aromatic carbocycles. The molecule has 3 fully saturated rings. The summed E-state index contributed by atoms with van der Waals surface area (Å²) in [6, 6.07) is 0. The molecule has 5 N–H and O–H groups in total. The fourth-order valence-corrected chi connectivity index (χ4v) is 7.12. The van der Waals surface area contributed by atoms with Crippen molar-refractivity contribution in [3.63, 3.8) is 0 Å². The van der Waals surface area contributed by atoms with E-state index in [1.807, 2.05) is 0 Å². The van der Waals surface area contributed by atoms with Gasteiger partial charge in [0.15, 0.2) is 47.7 Å². The first-order chi connectivity index (χ1) is 20.9. The number of anilines is 2. The van der Waals surface area contributed by atoms with E-state index in [4.69, 9.17) is 46.6 Å². The first kappa shape index (κ1) is 29.5. The SMILES string of the molecule is [B-][P@]1(=O)OC[C@H]2O[C@@H](n3cnc4c(N)ncnc43)[C@H](F)[C@@H]2OP(=O)(O)OC[C@H]2O[C@@H](n3cnc4c(N)ncnc43)[C@H](O1)C2F. The number of hydrogen-bond acceptors (Lipinski definition) is 16. The number of ether oxygens (including phenoxy) is 2. The van der Waals surface area contributed by atoms with Crippen LogP contribution in [0.2, 0.25) is 0 Å². The van der Waals surface area contributed by atoms with Crippen LogP contribution in [-0.2, 0) is 36.7 Å². The van der Waals surface area contributed by atoms with E-state index in [9.17, 15) is 14.0 Å². The van der Waals surface area contributed by atoms with E-state index in [0.29, 0.717) is 0 Å². The van der Waals surface area contributed by atoms with Crippen LogP contribution in [0.1, 0.15) is 12.5 Å². The van der Waals surface area contributed by atoms with Crippen molar-refractivity contribution in [2.24, 2.45) is 0 Å². The van der Waals surface area contributed by atoms with Crippen LogP contribution in [-0.4, -0.2) is 101 Å². The Morgan fingerprint density at radius 2 is 1.36 bits per heavy atom. The summed E-state index contributed by atoms with van der Waals surface area (Å²) in [6.07, 6.45) is -9.34. The fraction of sp³-hybridized carbons (Fsp3) is 0.500. The van der Waals surface area contributed by atoms with Crippen LogP contribution in [0.15, 0.2) is 25.3 Å². The first-order valence-electron chi connectivity index (χ1n) is 12.7. The molecule has 4 aromatic rings. The highest BCUT2D eigenvalue weighted by atomic mass is 31.2. The van der Waals surface area contributed by atoms with Gasteiger partial charge in [-0.05, 0) is 0 Å². The summed E-state index contributed by atoms with van der Waals surface area (Å²) in [6.45, 7) is -1.68. The second-order valence-corrected chi connectivity index (χ2v) is 12.9. The number of phosphoric acid groups is 1. The third-order valence-electron chi connectivity index (χ3n) is 7.20. The van der Waals surface area contributed by atoms with E-state index in [1.54, 1.807) is 0 Å². The van der Waals surface area contributed by atoms with Crippen molar-refractivity contribution in [1.29, 1.82) is 0 Å². The lowest BCUT2D eigenvalue weighted by atomic mass is 10.1. The predicted octanol–water partition coefficient (Wildman–Crippen LogP) is 0.496. The summed E-state index contributed by atoms with van der Waals surface area (Å²) in [5.74, 6) is 0.0316. The Labute approximate surface area is 245 Å². The van der Waals surface area contributed by atoms with E-state index in [2.05, 4.69) is 29.9 Å². The van der Waals surface area contributed by atoms with Crippen molar-refractivity contribution in [2.45, 2.75) is 49.2 Å². The second-order valence-electron chi connectivity index (χ2n) is 9.92. The van der Waals surface area contributed by atoms with Crippen molar-refractivity contribution in [2.75, 3.05) is 24.7 Å².